The minimum Gasteiger partial charge on any atom is -0.481 e. The van der Waals surface area contributed by atoms with Gasteiger partial charge >= 0.3 is 11.9 Å². The maximum absolute atomic E-state index is 11.9. The van der Waals surface area contributed by atoms with Gasteiger partial charge in [0, 0.05) is 38.0 Å². The van der Waals surface area contributed by atoms with Gasteiger partial charge in [-0.15, -0.1) is 0 Å². The maximum atomic E-state index is 11.9. The molecule has 8 fully saturated rings. The average Bonchev–Trinajstić information content (AvgIpc) is 3.72. The lowest BCUT2D eigenvalue weighted by Gasteiger charge is -2.63. The summed E-state index contributed by atoms with van der Waals surface area (Å²) in [6, 6.07) is 1.05. The highest BCUT2D eigenvalue weighted by molar-refractivity contribution is 5.66. The van der Waals surface area contributed by atoms with E-state index >= 15 is 0 Å². The minimum absolute atomic E-state index is 0.209. The number of hydrogen-bond acceptors (Lipinski definition) is 6. The Morgan fingerprint density at radius 1 is 0.534 bits per heavy atom. The predicted molar refractivity (Wildman–Crippen MR) is 229 cm³/mol. The molecule has 0 aromatic rings. The zero-order chi connectivity index (χ0) is 41.4. The molecule has 0 heterocycles. The van der Waals surface area contributed by atoms with Crippen molar-refractivity contribution in [3.05, 3.63) is 0 Å². The topological polar surface area (TPSA) is 139 Å². The summed E-state index contributed by atoms with van der Waals surface area (Å²) < 4.78 is 0. The van der Waals surface area contributed by atoms with Crippen LogP contribution in [0, 0.1) is 92.7 Å². The Morgan fingerprint density at radius 2 is 0.897 bits per heavy atom. The van der Waals surface area contributed by atoms with Crippen molar-refractivity contribution in [3.8, 4) is 0 Å². The van der Waals surface area contributed by atoms with Gasteiger partial charge in [0.25, 0.3) is 0 Å². The number of nitrogens with one attached hydrogen (secondary N) is 2. The first-order valence-electron chi connectivity index (χ1n) is 24.8. The van der Waals surface area contributed by atoms with E-state index in [-0.39, 0.29) is 35.9 Å². The minimum atomic E-state index is -0.677. The van der Waals surface area contributed by atoms with E-state index in [9.17, 15) is 30.0 Å². The molecule has 8 saturated carbocycles. The van der Waals surface area contributed by atoms with Crippen molar-refractivity contribution < 1.29 is 30.0 Å². The molecule has 20 atom stereocenters. The fourth-order valence-corrected chi connectivity index (χ4v) is 18.4. The third kappa shape index (κ3) is 7.46. The van der Waals surface area contributed by atoms with E-state index in [0.29, 0.717) is 93.9 Å². The Labute approximate surface area is 351 Å². The monoisotopic (exact) mass is 809 g/mol. The van der Waals surface area contributed by atoms with Crippen LogP contribution in [0.1, 0.15) is 170 Å². The van der Waals surface area contributed by atoms with Crippen LogP contribution in [-0.2, 0) is 9.59 Å². The Balaban J connectivity index is 0.805. The Morgan fingerprint density at radius 3 is 1.28 bits per heavy atom. The summed E-state index contributed by atoms with van der Waals surface area (Å²) >= 11 is 0. The van der Waals surface area contributed by atoms with Crippen molar-refractivity contribution in [3.63, 3.8) is 0 Å². The Hall–Kier alpha value is -1.22. The van der Waals surface area contributed by atoms with E-state index in [0.717, 1.165) is 38.8 Å². The molecule has 8 aliphatic carbocycles. The Kier molecular flexibility index (Phi) is 12.3. The van der Waals surface area contributed by atoms with Crippen LogP contribution in [0.25, 0.3) is 0 Å². The van der Waals surface area contributed by atoms with Crippen LogP contribution in [0.15, 0.2) is 0 Å². The van der Waals surface area contributed by atoms with Crippen LogP contribution in [0.4, 0.5) is 0 Å². The highest BCUT2D eigenvalue weighted by atomic mass is 16.4. The van der Waals surface area contributed by atoms with Crippen LogP contribution in [0.3, 0.4) is 0 Å². The van der Waals surface area contributed by atoms with Crippen molar-refractivity contribution in [2.24, 2.45) is 92.7 Å². The van der Waals surface area contributed by atoms with Gasteiger partial charge in [-0.25, -0.2) is 0 Å². The summed E-state index contributed by atoms with van der Waals surface area (Å²) in [6.07, 6.45) is 20.6. The van der Waals surface area contributed by atoms with E-state index < -0.39 is 11.9 Å². The van der Waals surface area contributed by atoms with Gasteiger partial charge in [0.1, 0.15) is 0 Å². The largest absolute Gasteiger partial charge is 0.481 e. The number of hydrogen-bond donors (Lipinski definition) is 6. The van der Waals surface area contributed by atoms with Crippen LogP contribution in [0.2, 0.25) is 0 Å². The summed E-state index contributed by atoms with van der Waals surface area (Å²) in [5.74, 6) is 4.95. The fourth-order valence-electron chi connectivity index (χ4n) is 18.4. The van der Waals surface area contributed by atoms with E-state index in [1.54, 1.807) is 0 Å². The molecule has 8 rings (SSSR count). The summed E-state index contributed by atoms with van der Waals surface area (Å²) in [7, 11) is 0. The number of rotatable bonds is 13. The van der Waals surface area contributed by atoms with Crippen molar-refractivity contribution in [2.45, 2.75) is 194 Å². The molecular weight excluding hydrogens is 725 g/mol. The molecule has 0 radical (unpaired) electrons. The smallest absolute Gasteiger partial charge is 0.303 e. The average molecular weight is 809 g/mol. The van der Waals surface area contributed by atoms with Gasteiger partial charge in [-0.3, -0.25) is 9.59 Å². The van der Waals surface area contributed by atoms with Gasteiger partial charge in [-0.2, -0.15) is 0 Å². The zero-order valence-corrected chi connectivity index (χ0v) is 37.4. The standard InChI is InChI=1S/C50H84N2O6/c1-29(7-13-43(55)56)35-9-11-37-45-39(17-21-49(35,37)5)47(3)19-15-33(25-31(47)27-41(45)53)51-23-24-52-34-16-20-48(4)32(26-34)28-42(54)46-38-12-10-36(30(2)8-14-44(57)58)50(38,6)22-18-40(46)48/h29-42,45-46,51-54H,7-28H2,1-6H3,(H,55,56)(H,57,58)/t29-,30-,31?,32?,33?,34?,35-,36-,37-,38+,39-,40?,41+,42+,45?,46?,47+,48+,49-,50-/m1/s1. The van der Waals surface area contributed by atoms with Gasteiger partial charge < -0.3 is 31.1 Å². The van der Waals surface area contributed by atoms with Crippen molar-refractivity contribution in [2.75, 3.05) is 13.1 Å². The van der Waals surface area contributed by atoms with Gasteiger partial charge in [0.05, 0.1) is 12.2 Å². The number of carboxylic acids is 2. The second-order valence-corrected chi connectivity index (χ2v) is 23.7. The van der Waals surface area contributed by atoms with Gasteiger partial charge in [-0.1, -0.05) is 41.5 Å². The van der Waals surface area contributed by atoms with E-state index in [4.69, 9.17) is 0 Å². The number of carbonyl (C=O) groups is 2. The third-order valence-corrected chi connectivity index (χ3v) is 21.5. The molecule has 0 aromatic carbocycles. The molecule has 0 spiro atoms. The quantitative estimate of drug-likeness (QED) is 0.101. The van der Waals surface area contributed by atoms with Crippen molar-refractivity contribution in [1.82, 2.24) is 10.6 Å². The first-order valence-corrected chi connectivity index (χ1v) is 24.8. The lowest BCUT2D eigenvalue weighted by atomic mass is 9.43. The van der Waals surface area contributed by atoms with E-state index in [1.807, 2.05) is 0 Å². The SMILES string of the molecule is C[C@H](CCC(=O)O)[C@H]1CC[C@@H]2C3[C@@H](CC[C@@]21C)[C@@]1(C)CCC(NCCNC2CC[C@@]4(C)C(C2)C[C@H](O)C2C4CC[C@]4(C)[C@@H]([C@H](C)CCC(=O)O)CC[C@@H]24)CC1C[C@@H]3O. The molecule has 8 aliphatic rings. The second kappa shape index (κ2) is 16.5. The van der Waals surface area contributed by atoms with E-state index in [2.05, 4.69) is 52.2 Å². The molecular formula is C50H84N2O6. The lowest BCUT2D eigenvalue weighted by Crippen LogP contribution is -2.60. The zero-order valence-electron chi connectivity index (χ0n) is 37.4. The summed E-state index contributed by atoms with van der Waals surface area (Å²) in [4.78, 5) is 22.7. The van der Waals surface area contributed by atoms with Gasteiger partial charge in [0.15, 0.2) is 0 Å². The first kappa shape index (κ1) is 43.4. The molecule has 6 N–H and O–H groups in total. The van der Waals surface area contributed by atoms with Gasteiger partial charge in [0.2, 0.25) is 0 Å². The van der Waals surface area contributed by atoms with Crippen LogP contribution in [0.5, 0.6) is 0 Å². The molecule has 0 saturated heterocycles. The van der Waals surface area contributed by atoms with Crippen LogP contribution < -0.4 is 10.6 Å². The third-order valence-electron chi connectivity index (χ3n) is 21.5. The predicted octanol–water partition coefficient (Wildman–Crippen LogP) is 9.16. The van der Waals surface area contributed by atoms with E-state index in [1.165, 1.54) is 89.9 Å². The molecule has 58 heavy (non-hydrogen) atoms. The fraction of sp³-hybridized carbons (Fsp3) is 0.960. The van der Waals surface area contributed by atoms with Crippen LogP contribution >= 0.6 is 0 Å². The molecule has 0 bridgehead atoms. The molecule has 8 nitrogen and oxygen atoms in total. The summed E-state index contributed by atoms with van der Waals surface area (Å²) in [5, 5.41) is 50.5. The lowest BCUT2D eigenvalue weighted by molar-refractivity contribution is -0.167. The second-order valence-electron chi connectivity index (χ2n) is 23.7. The number of fused-ring (bicyclic) bond motifs is 10. The summed E-state index contributed by atoms with van der Waals surface area (Å²) in [6.45, 7) is 16.7. The summed E-state index contributed by atoms with van der Waals surface area (Å²) in [5.41, 5.74) is 1.08. The molecule has 330 valence electrons. The number of aliphatic hydroxyl groups excluding tert-OH is 2. The molecule has 0 aliphatic heterocycles. The molecule has 0 amide bonds. The van der Waals surface area contributed by atoms with Crippen molar-refractivity contribution >= 4 is 11.9 Å². The van der Waals surface area contributed by atoms with Crippen LogP contribution in [-0.4, -0.2) is 69.7 Å². The normalized spacial score (nSPS) is 50.6. The Bertz CT molecular complexity index is 1380. The highest BCUT2D eigenvalue weighted by Crippen LogP contribution is 2.70. The van der Waals surface area contributed by atoms with Crippen molar-refractivity contribution in [1.29, 1.82) is 0 Å². The maximum Gasteiger partial charge on any atom is 0.303 e. The molecule has 0 aromatic heterocycles. The first-order chi connectivity index (χ1) is 27.5. The molecule has 8 heteroatoms. The number of aliphatic carboxylic acids is 2. The van der Waals surface area contributed by atoms with Gasteiger partial charge in [-0.05, 0) is 208 Å². The number of carboxylic acid groups (broad SMARTS) is 2. The number of aliphatic hydroxyl groups is 2. The highest BCUT2D eigenvalue weighted by Gasteiger charge is 2.64. The molecule has 7 unspecified atom stereocenters.